The molecule has 2 aromatic rings. The lowest BCUT2D eigenvalue weighted by Crippen LogP contribution is -2.04. The van der Waals surface area contributed by atoms with E-state index in [0.29, 0.717) is 5.71 Å². The molecule has 1 atom stereocenters. The van der Waals surface area contributed by atoms with Crippen LogP contribution in [0.25, 0.3) is 11.1 Å². The number of halogens is 1. The minimum absolute atomic E-state index is 0.247. The number of benzene rings is 2. The first-order chi connectivity index (χ1) is 9.56. The summed E-state index contributed by atoms with van der Waals surface area (Å²) in [6.45, 7) is 3.30. The van der Waals surface area contributed by atoms with Gasteiger partial charge in [0, 0.05) is 6.92 Å². The SMILES string of the molecule is CC(=NOC(C)O)c1ccc(-c2ccc(F)cc2)cc1. The van der Waals surface area contributed by atoms with Crippen LogP contribution < -0.4 is 0 Å². The number of hydrogen-bond acceptors (Lipinski definition) is 3. The third-order valence-corrected chi connectivity index (χ3v) is 2.82. The monoisotopic (exact) mass is 273 g/mol. The normalized spacial score (nSPS) is 13.1. The molecule has 0 saturated heterocycles. The van der Waals surface area contributed by atoms with Gasteiger partial charge in [-0.2, -0.15) is 0 Å². The molecule has 2 rings (SSSR count). The molecule has 1 N–H and O–H groups in total. The molecule has 0 spiro atoms. The van der Waals surface area contributed by atoms with Gasteiger partial charge in [0.25, 0.3) is 0 Å². The van der Waals surface area contributed by atoms with Gasteiger partial charge in [-0.25, -0.2) is 4.39 Å². The van der Waals surface area contributed by atoms with Gasteiger partial charge in [-0.1, -0.05) is 41.6 Å². The van der Waals surface area contributed by atoms with Crippen molar-refractivity contribution in [1.29, 1.82) is 0 Å². The van der Waals surface area contributed by atoms with E-state index in [-0.39, 0.29) is 5.82 Å². The summed E-state index contributed by atoms with van der Waals surface area (Å²) in [5.74, 6) is -0.247. The largest absolute Gasteiger partial charge is 0.364 e. The topological polar surface area (TPSA) is 41.8 Å². The average molecular weight is 273 g/mol. The Balaban J connectivity index is 2.17. The van der Waals surface area contributed by atoms with Crippen LogP contribution >= 0.6 is 0 Å². The predicted octanol–water partition coefficient (Wildman–Crippen LogP) is 3.57. The predicted molar refractivity (Wildman–Crippen MR) is 76.8 cm³/mol. The van der Waals surface area contributed by atoms with Gasteiger partial charge < -0.3 is 9.94 Å². The molecule has 0 radical (unpaired) electrons. The highest BCUT2D eigenvalue weighted by Crippen LogP contribution is 2.20. The molecule has 0 heterocycles. The Hall–Kier alpha value is -2.20. The van der Waals surface area contributed by atoms with Crippen LogP contribution in [0.5, 0.6) is 0 Å². The van der Waals surface area contributed by atoms with Gasteiger partial charge in [0.2, 0.25) is 6.29 Å². The van der Waals surface area contributed by atoms with Gasteiger partial charge in [0.15, 0.2) is 0 Å². The molecule has 0 amide bonds. The highest BCUT2D eigenvalue weighted by atomic mass is 19.1. The Labute approximate surface area is 117 Å². The van der Waals surface area contributed by atoms with Crippen molar-refractivity contribution in [3.8, 4) is 11.1 Å². The lowest BCUT2D eigenvalue weighted by atomic mass is 10.0. The zero-order chi connectivity index (χ0) is 14.5. The van der Waals surface area contributed by atoms with Gasteiger partial charge in [0.1, 0.15) is 5.82 Å². The molecule has 3 nitrogen and oxygen atoms in total. The summed E-state index contributed by atoms with van der Waals surface area (Å²) in [6, 6.07) is 14.0. The Morgan fingerprint density at radius 3 is 2.05 bits per heavy atom. The molecule has 0 fully saturated rings. The van der Waals surface area contributed by atoms with Gasteiger partial charge in [-0.15, -0.1) is 0 Å². The maximum Gasteiger partial charge on any atom is 0.221 e. The molecule has 0 aliphatic rings. The first kappa shape index (κ1) is 14.2. The van der Waals surface area contributed by atoms with Crippen molar-refractivity contribution in [2.75, 3.05) is 0 Å². The number of hydrogen-bond donors (Lipinski definition) is 1. The summed E-state index contributed by atoms with van der Waals surface area (Å²) in [5.41, 5.74) is 3.53. The van der Waals surface area contributed by atoms with Crippen molar-refractivity contribution in [1.82, 2.24) is 0 Å². The van der Waals surface area contributed by atoms with Crippen LogP contribution in [-0.4, -0.2) is 17.1 Å². The van der Waals surface area contributed by atoms with Gasteiger partial charge >= 0.3 is 0 Å². The second kappa shape index (κ2) is 6.30. The number of aliphatic hydroxyl groups excluding tert-OH is 1. The van der Waals surface area contributed by atoms with Crippen LogP contribution in [0.2, 0.25) is 0 Å². The summed E-state index contributed by atoms with van der Waals surface area (Å²) >= 11 is 0. The van der Waals surface area contributed by atoms with E-state index in [2.05, 4.69) is 5.16 Å². The second-order valence-electron chi connectivity index (χ2n) is 4.47. The molecule has 0 aliphatic carbocycles. The third kappa shape index (κ3) is 3.65. The second-order valence-corrected chi connectivity index (χ2v) is 4.47. The number of aliphatic hydroxyl groups is 1. The summed E-state index contributed by atoms with van der Waals surface area (Å²) in [5, 5.41) is 12.8. The lowest BCUT2D eigenvalue weighted by Gasteiger charge is -2.06. The van der Waals surface area contributed by atoms with Crippen molar-refractivity contribution >= 4 is 5.71 Å². The van der Waals surface area contributed by atoms with Crippen LogP contribution in [0.3, 0.4) is 0 Å². The van der Waals surface area contributed by atoms with E-state index in [1.54, 1.807) is 19.1 Å². The molecule has 104 valence electrons. The molecular formula is C16H16FNO2. The fraction of sp³-hybridized carbons (Fsp3) is 0.188. The van der Waals surface area contributed by atoms with E-state index in [1.165, 1.54) is 19.1 Å². The van der Waals surface area contributed by atoms with E-state index in [1.807, 2.05) is 24.3 Å². The van der Waals surface area contributed by atoms with Crippen LogP contribution in [0.15, 0.2) is 53.7 Å². The smallest absolute Gasteiger partial charge is 0.221 e. The first-order valence-electron chi connectivity index (χ1n) is 6.31. The Morgan fingerprint density at radius 1 is 1.05 bits per heavy atom. The van der Waals surface area contributed by atoms with E-state index in [4.69, 9.17) is 9.94 Å². The van der Waals surface area contributed by atoms with Gasteiger partial charge in [-0.05, 0) is 35.7 Å². The van der Waals surface area contributed by atoms with Crippen LogP contribution in [0, 0.1) is 5.82 Å². The first-order valence-corrected chi connectivity index (χ1v) is 6.31. The van der Waals surface area contributed by atoms with E-state index in [9.17, 15) is 4.39 Å². The molecule has 20 heavy (non-hydrogen) atoms. The van der Waals surface area contributed by atoms with Crippen molar-refractivity contribution in [2.24, 2.45) is 5.16 Å². The minimum Gasteiger partial charge on any atom is -0.364 e. The highest BCUT2D eigenvalue weighted by molar-refractivity contribution is 5.98. The maximum absolute atomic E-state index is 12.9. The fourth-order valence-corrected chi connectivity index (χ4v) is 1.75. The maximum atomic E-state index is 12.9. The summed E-state index contributed by atoms with van der Waals surface area (Å²) in [6.07, 6.45) is -0.927. The quantitative estimate of drug-likeness (QED) is 0.525. The molecule has 0 aliphatic heterocycles. The van der Waals surface area contributed by atoms with Crippen molar-refractivity contribution in [3.63, 3.8) is 0 Å². The van der Waals surface area contributed by atoms with E-state index < -0.39 is 6.29 Å². The molecule has 4 heteroatoms. The van der Waals surface area contributed by atoms with Crippen molar-refractivity contribution in [2.45, 2.75) is 20.1 Å². The zero-order valence-electron chi connectivity index (χ0n) is 11.4. The minimum atomic E-state index is -0.927. The third-order valence-electron chi connectivity index (χ3n) is 2.82. The number of nitrogens with zero attached hydrogens (tertiary/aromatic N) is 1. The Morgan fingerprint density at radius 2 is 1.55 bits per heavy atom. The zero-order valence-corrected chi connectivity index (χ0v) is 11.4. The van der Waals surface area contributed by atoms with Gasteiger partial charge in [-0.3, -0.25) is 0 Å². The molecule has 0 bridgehead atoms. The lowest BCUT2D eigenvalue weighted by molar-refractivity contribution is -0.0836. The molecule has 1 unspecified atom stereocenters. The average Bonchev–Trinajstić information content (AvgIpc) is 2.46. The number of oxime groups is 1. The molecule has 0 saturated carbocycles. The summed E-state index contributed by atoms with van der Waals surface area (Å²) in [7, 11) is 0. The Bertz CT molecular complexity index is 589. The van der Waals surface area contributed by atoms with Crippen molar-refractivity contribution < 1.29 is 14.3 Å². The van der Waals surface area contributed by atoms with E-state index >= 15 is 0 Å². The van der Waals surface area contributed by atoms with Crippen LogP contribution in [0.4, 0.5) is 4.39 Å². The van der Waals surface area contributed by atoms with Crippen LogP contribution in [-0.2, 0) is 4.84 Å². The van der Waals surface area contributed by atoms with E-state index in [0.717, 1.165) is 16.7 Å². The fourth-order valence-electron chi connectivity index (χ4n) is 1.75. The standard InChI is InChI=1S/C16H16FNO2/c1-11(18-20-12(2)19)13-3-5-14(6-4-13)15-7-9-16(17)10-8-15/h3-10,12,19H,1-2H3. The van der Waals surface area contributed by atoms with Crippen LogP contribution in [0.1, 0.15) is 19.4 Å². The molecule has 0 aromatic heterocycles. The van der Waals surface area contributed by atoms with Crippen molar-refractivity contribution in [3.05, 3.63) is 59.9 Å². The van der Waals surface area contributed by atoms with Gasteiger partial charge in [0.05, 0.1) is 5.71 Å². The number of rotatable bonds is 4. The Kier molecular flexibility index (Phi) is 4.48. The summed E-state index contributed by atoms with van der Waals surface area (Å²) < 4.78 is 12.9. The highest BCUT2D eigenvalue weighted by Gasteiger charge is 2.02. The summed E-state index contributed by atoms with van der Waals surface area (Å²) in [4.78, 5) is 4.79. The molecule has 2 aromatic carbocycles. The molecular weight excluding hydrogens is 257 g/mol.